The molecule has 6 rings (SSSR count). The maximum Gasteiger partial charge on any atom is 0.261 e. The first-order chi connectivity index (χ1) is 20.4. The van der Waals surface area contributed by atoms with E-state index < -0.39 is 17.5 Å². The fourth-order valence-electron chi connectivity index (χ4n) is 5.48. The van der Waals surface area contributed by atoms with Crippen molar-refractivity contribution in [3.05, 3.63) is 133 Å². The summed E-state index contributed by atoms with van der Waals surface area (Å²) in [6.45, 7) is 2.01. The molecule has 0 aliphatic carbocycles. The monoisotopic (exact) mass is 602 g/mol. The van der Waals surface area contributed by atoms with Crippen LogP contribution in [0.4, 0.5) is 5.88 Å². The number of anilines is 1. The van der Waals surface area contributed by atoms with Crippen molar-refractivity contribution in [2.45, 2.75) is 25.7 Å². The van der Waals surface area contributed by atoms with Crippen LogP contribution in [0.15, 0.2) is 126 Å². The Balaban J connectivity index is 0.000000652. The molecule has 1 aromatic heterocycles. The largest absolute Gasteiger partial charge is 0.420 e. The molecular formula is C33H32ClN2O5P. The highest BCUT2D eigenvalue weighted by Gasteiger charge is 2.53. The second-order valence-corrected chi connectivity index (χ2v) is 14.1. The number of nitrogens with zero attached hydrogens (tertiary/aromatic N) is 2. The van der Waals surface area contributed by atoms with Crippen molar-refractivity contribution in [3.8, 4) is 0 Å². The lowest BCUT2D eigenvalue weighted by molar-refractivity contribution is -2.00. The zero-order chi connectivity index (χ0) is 29.4. The van der Waals surface area contributed by atoms with E-state index in [0.717, 1.165) is 30.3 Å². The lowest BCUT2D eigenvalue weighted by atomic mass is 10.1. The summed E-state index contributed by atoms with van der Waals surface area (Å²) in [5.74, 6) is 1.74. The Hall–Kier alpha value is -3.55. The van der Waals surface area contributed by atoms with Crippen LogP contribution >= 0.6 is 7.26 Å². The van der Waals surface area contributed by atoms with Gasteiger partial charge in [0.25, 0.3) is 11.3 Å². The van der Waals surface area contributed by atoms with Gasteiger partial charge in [-0.15, -0.1) is 10.2 Å². The Bertz CT molecular complexity index is 1420. The Morgan fingerprint density at radius 1 is 0.619 bits per heavy atom. The van der Waals surface area contributed by atoms with Gasteiger partial charge in [0.15, 0.2) is 7.26 Å². The van der Waals surface area contributed by atoms with Crippen LogP contribution in [0.1, 0.15) is 30.7 Å². The third kappa shape index (κ3) is 7.08. The molecule has 1 aliphatic heterocycles. The van der Waals surface area contributed by atoms with Crippen LogP contribution in [0.5, 0.6) is 0 Å². The van der Waals surface area contributed by atoms with Gasteiger partial charge in [-0.2, -0.15) is 4.98 Å². The minimum absolute atomic E-state index is 0.681. The van der Waals surface area contributed by atoms with Crippen LogP contribution < -0.4 is 44.9 Å². The summed E-state index contributed by atoms with van der Waals surface area (Å²) in [6.07, 6.45) is 4.32. The Morgan fingerprint density at radius 3 is 1.45 bits per heavy atom. The molecule has 216 valence electrons. The van der Waals surface area contributed by atoms with Crippen molar-refractivity contribution < 1.29 is 33.3 Å². The summed E-state index contributed by atoms with van der Waals surface area (Å²) in [4.78, 5) is 7.87. The molecule has 0 bridgehead atoms. The predicted molar refractivity (Wildman–Crippen MR) is 157 cm³/mol. The average molecular weight is 603 g/mol. The molecule has 0 atom stereocenters. The molecule has 0 N–H and O–H groups in total. The number of hydrogen-bond acceptors (Lipinski definition) is 7. The van der Waals surface area contributed by atoms with E-state index in [1.165, 1.54) is 40.7 Å². The topological polar surface area (TPSA) is 122 Å². The highest BCUT2D eigenvalue weighted by atomic mass is 35.7. The molecular weight excluding hydrogens is 571 g/mol. The van der Waals surface area contributed by atoms with E-state index in [1.807, 2.05) is 0 Å². The minimum Gasteiger partial charge on any atom is -0.420 e. The van der Waals surface area contributed by atoms with Gasteiger partial charge in [0.2, 0.25) is 5.89 Å². The van der Waals surface area contributed by atoms with Crippen LogP contribution in [-0.4, -0.2) is 18.1 Å². The molecule has 1 aliphatic rings. The van der Waals surface area contributed by atoms with Crippen LogP contribution in [0, 0.1) is 10.2 Å². The maximum atomic E-state index is 8.49. The lowest BCUT2D eigenvalue weighted by Crippen LogP contribution is -2.68. The minimum atomic E-state index is -4.94. The van der Waals surface area contributed by atoms with E-state index in [9.17, 15) is 0 Å². The lowest BCUT2D eigenvalue weighted by Gasteiger charge is -2.30. The molecule has 0 radical (unpaired) electrons. The van der Waals surface area contributed by atoms with E-state index in [0.29, 0.717) is 6.42 Å². The molecule has 9 heteroatoms. The van der Waals surface area contributed by atoms with E-state index >= 15 is 0 Å². The molecule has 2 heterocycles. The van der Waals surface area contributed by atoms with Crippen LogP contribution in [0.2, 0.25) is 0 Å². The van der Waals surface area contributed by atoms with Crippen LogP contribution in [0.25, 0.3) is 0 Å². The molecule has 5 aromatic rings. The molecule has 0 unspecified atom stereocenters. The fraction of sp³-hybridized carbons (Fsp3) is 0.182. The normalized spacial score (nSPS) is 13.8. The molecule has 1 saturated heterocycles. The van der Waals surface area contributed by atoms with E-state index in [1.54, 1.807) is 0 Å². The van der Waals surface area contributed by atoms with Gasteiger partial charge < -0.3 is 9.32 Å². The summed E-state index contributed by atoms with van der Waals surface area (Å²) in [5, 5.41) is 3.89. The number of oxazole rings is 1. The first-order valence-electron chi connectivity index (χ1n) is 13.8. The van der Waals surface area contributed by atoms with Gasteiger partial charge >= 0.3 is 0 Å². The summed E-state index contributed by atoms with van der Waals surface area (Å²) < 4.78 is 40.7. The second kappa shape index (κ2) is 13.6. The fourth-order valence-corrected chi connectivity index (χ4v) is 9.70. The standard InChI is InChI=1S/C33H32N2OP.ClHO4/c1-6-16-27(17-7-1)26-31-34-32(33(36-31)35-24-14-5-15-25-35)37(28-18-8-2-9-19-28,29-20-10-3-11-21-29)30-22-12-4-13-23-30;2-1(3,4)5/h1-4,6-13,16-23H,5,14-15,24-26H2;(H,2,3,4,5)/q+1;/p-1. The maximum absolute atomic E-state index is 8.49. The van der Waals surface area contributed by atoms with Gasteiger partial charge in [0.1, 0.15) is 15.9 Å². The molecule has 7 nitrogen and oxygen atoms in total. The Kier molecular flexibility index (Phi) is 9.70. The number of benzene rings is 4. The molecule has 42 heavy (non-hydrogen) atoms. The second-order valence-electron chi connectivity index (χ2n) is 10.0. The highest BCUT2D eigenvalue weighted by molar-refractivity contribution is 8.01. The molecule has 0 spiro atoms. The summed E-state index contributed by atoms with van der Waals surface area (Å²) in [7, 11) is -7.28. The summed E-state index contributed by atoms with van der Waals surface area (Å²) in [6, 6.07) is 43.4. The van der Waals surface area contributed by atoms with Gasteiger partial charge in [-0.3, -0.25) is 0 Å². The summed E-state index contributed by atoms with van der Waals surface area (Å²) >= 11 is 0. The van der Waals surface area contributed by atoms with Crippen molar-refractivity contribution in [2.24, 2.45) is 0 Å². The van der Waals surface area contributed by atoms with Gasteiger partial charge in [-0.05, 0) is 61.2 Å². The van der Waals surface area contributed by atoms with Crippen molar-refractivity contribution in [1.29, 1.82) is 0 Å². The highest BCUT2D eigenvalue weighted by Crippen LogP contribution is 2.56. The van der Waals surface area contributed by atoms with Gasteiger partial charge in [-0.1, -0.05) is 84.9 Å². The smallest absolute Gasteiger partial charge is 0.261 e. The molecule has 4 aromatic carbocycles. The molecule has 0 amide bonds. The van der Waals surface area contributed by atoms with Gasteiger partial charge in [0.05, 0.1) is 0 Å². The zero-order valence-corrected chi connectivity index (χ0v) is 24.7. The predicted octanol–water partition coefficient (Wildman–Crippen LogP) is 1.12. The van der Waals surface area contributed by atoms with Gasteiger partial charge in [-0.25, -0.2) is 18.6 Å². The number of hydrogen-bond donors (Lipinski definition) is 0. The van der Waals surface area contributed by atoms with Crippen LogP contribution in [0.3, 0.4) is 0 Å². The van der Waals surface area contributed by atoms with Gasteiger partial charge in [0, 0.05) is 19.5 Å². The zero-order valence-electron chi connectivity index (χ0n) is 23.1. The van der Waals surface area contributed by atoms with Crippen molar-refractivity contribution in [1.82, 2.24) is 4.98 Å². The summed E-state index contributed by atoms with van der Waals surface area (Å²) in [5.41, 5.74) is 2.30. The SMILES string of the molecule is [O-][Cl+3]([O-])([O-])[O-].c1ccc(Cc2nc([P+](c3ccccc3)(c3ccccc3)c3ccccc3)c(N3CCCCC3)o2)cc1. The van der Waals surface area contributed by atoms with Crippen molar-refractivity contribution in [2.75, 3.05) is 18.0 Å². The van der Waals surface area contributed by atoms with E-state index in [2.05, 4.69) is 126 Å². The third-order valence-corrected chi connectivity index (χ3v) is 11.4. The first-order valence-corrected chi connectivity index (χ1v) is 16.8. The van der Waals surface area contributed by atoms with Crippen LogP contribution in [-0.2, 0) is 6.42 Å². The van der Waals surface area contributed by atoms with E-state index in [4.69, 9.17) is 28.0 Å². The average Bonchev–Trinajstić information content (AvgIpc) is 3.43. The number of halogens is 1. The molecule has 0 saturated carbocycles. The third-order valence-electron chi connectivity index (χ3n) is 7.23. The number of aromatic nitrogens is 1. The number of piperidine rings is 1. The molecule has 1 fully saturated rings. The van der Waals surface area contributed by atoms with Crippen molar-refractivity contribution >= 4 is 34.5 Å². The van der Waals surface area contributed by atoms with E-state index in [-0.39, 0.29) is 0 Å². The Labute approximate surface area is 248 Å². The first kappa shape index (κ1) is 29.9. The quantitative estimate of drug-likeness (QED) is 0.256. The van der Waals surface area contributed by atoms with Crippen molar-refractivity contribution in [3.63, 3.8) is 0 Å². The number of rotatable bonds is 7. The Morgan fingerprint density at radius 2 is 1.02 bits per heavy atom.